The van der Waals surface area contributed by atoms with Gasteiger partial charge in [-0.05, 0) is 47.9 Å². The molecule has 3 rings (SSSR count). The molecule has 0 saturated heterocycles. The lowest BCUT2D eigenvalue weighted by molar-refractivity contribution is 0.324. The first-order valence-electron chi connectivity index (χ1n) is 9.53. The van der Waals surface area contributed by atoms with E-state index in [9.17, 15) is 4.39 Å². The van der Waals surface area contributed by atoms with Gasteiger partial charge >= 0.3 is 0 Å². The molecule has 162 valence electrons. The highest BCUT2D eigenvalue weighted by atomic mass is 35.5. The molecule has 1 aromatic heterocycles. The topological polar surface area (TPSA) is 65.5 Å². The number of nitrogens with one attached hydrogen (secondary N) is 1. The van der Waals surface area contributed by atoms with Gasteiger partial charge in [0, 0.05) is 12.6 Å². The fraction of sp³-hybridized carbons (Fsp3) is 0.217. The molecule has 0 aliphatic carbocycles. The van der Waals surface area contributed by atoms with Crippen molar-refractivity contribution in [1.82, 2.24) is 9.97 Å². The van der Waals surface area contributed by atoms with Crippen LogP contribution in [0.15, 0.2) is 42.5 Å². The molecule has 0 fully saturated rings. The molecule has 6 nitrogen and oxygen atoms in total. The molecule has 1 N–H and O–H groups in total. The van der Waals surface area contributed by atoms with Gasteiger partial charge in [-0.3, -0.25) is 0 Å². The Morgan fingerprint density at radius 2 is 1.61 bits per heavy atom. The lowest BCUT2D eigenvalue weighted by Crippen LogP contribution is -2.07. The van der Waals surface area contributed by atoms with Crippen LogP contribution in [-0.2, 0) is 6.42 Å². The summed E-state index contributed by atoms with van der Waals surface area (Å²) in [5.41, 5.74) is 1.85. The van der Waals surface area contributed by atoms with Crippen LogP contribution in [0.4, 0.5) is 10.2 Å². The largest absolute Gasteiger partial charge is 0.493 e. The summed E-state index contributed by atoms with van der Waals surface area (Å²) in [5.74, 6) is 2.43. The van der Waals surface area contributed by atoms with Crippen molar-refractivity contribution in [1.29, 1.82) is 0 Å². The van der Waals surface area contributed by atoms with Gasteiger partial charge in [-0.15, -0.1) is 0 Å². The number of methoxy groups -OCH3 is 3. The lowest BCUT2D eigenvalue weighted by atomic mass is 10.1. The Bertz CT molecular complexity index is 1030. The Morgan fingerprint density at radius 1 is 0.935 bits per heavy atom. The van der Waals surface area contributed by atoms with Crippen molar-refractivity contribution >= 4 is 29.6 Å². The first-order chi connectivity index (χ1) is 15.0. The molecule has 8 heteroatoms. The van der Waals surface area contributed by atoms with E-state index >= 15 is 0 Å². The van der Waals surface area contributed by atoms with Gasteiger partial charge in [0.25, 0.3) is 0 Å². The predicted molar refractivity (Wildman–Crippen MR) is 121 cm³/mol. The summed E-state index contributed by atoms with van der Waals surface area (Å²) in [6, 6.07) is 11.7. The van der Waals surface area contributed by atoms with Crippen molar-refractivity contribution in [2.45, 2.75) is 6.42 Å². The van der Waals surface area contributed by atoms with E-state index in [2.05, 4.69) is 15.3 Å². The predicted octanol–water partition coefficient (Wildman–Crippen LogP) is 5.12. The minimum atomic E-state index is -0.247. The van der Waals surface area contributed by atoms with E-state index in [0.29, 0.717) is 40.6 Å². The maximum atomic E-state index is 13.0. The second kappa shape index (κ2) is 10.6. The monoisotopic (exact) mass is 443 g/mol. The average Bonchev–Trinajstić information content (AvgIpc) is 2.78. The summed E-state index contributed by atoms with van der Waals surface area (Å²) in [7, 11) is 4.68. The van der Waals surface area contributed by atoms with E-state index in [-0.39, 0.29) is 5.82 Å². The Hall–Kier alpha value is -3.32. The number of hydrogen-bond donors (Lipinski definition) is 1. The highest BCUT2D eigenvalue weighted by Crippen LogP contribution is 2.38. The third-order valence-electron chi connectivity index (χ3n) is 4.46. The first kappa shape index (κ1) is 22.4. The van der Waals surface area contributed by atoms with Crippen LogP contribution in [0, 0.1) is 5.82 Å². The number of ether oxygens (including phenoxy) is 3. The van der Waals surface area contributed by atoms with E-state index < -0.39 is 0 Å². The Kier molecular flexibility index (Phi) is 7.67. The number of hydrogen-bond acceptors (Lipinski definition) is 6. The number of halogens is 2. The zero-order chi connectivity index (χ0) is 22.2. The number of benzene rings is 2. The van der Waals surface area contributed by atoms with Gasteiger partial charge in [0.15, 0.2) is 17.3 Å². The maximum absolute atomic E-state index is 13.0. The summed E-state index contributed by atoms with van der Waals surface area (Å²) < 4.78 is 29.1. The van der Waals surface area contributed by atoms with Crippen molar-refractivity contribution in [3.8, 4) is 17.2 Å². The van der Waals surface area contributed by atoms with Crippen molar-refractivity contribution in [2.75, 3.05) is 33.2 Å². The van der Waals surface area contributed by atoms with Crippen LogP contribution in [0.5, 0.6) is 17.2 Å². The maximum Gasteiger partial charge on any atom is 0.203 e. The highest BCUT2D eigenvalue weighted by Gasteiger charge is 2.12. The average molecular weight is 444 g/mol. The van der Waals surface area contributed by atoms with Crippen molar-refractivity contribution in [2.24, 2.45) is 0 Å². The van der Waals surface area contributed by atoms with Gasteiger partial charge < -0.3 is 19.5 Å². The molecule has 31 heavy (non-hydrogen) atoms. The highest BCUT2D eigenvalue weighted by molar-refractivity contribution is 6.29. The van der Waals surface area contributed by atoms with E-state index in [4.69, 9.17) is 25.8 Å². The van der Waals surface area contributed by atoms with Crippen LogP contribution < -0.4 is 19.5 Å². The normalized spacial score (nSPS) is 10.9. The molecule has 0 amide bonds. The first-order valence-corrected chi connectivity index (χ1v) is 9.91. The minimum Gasteiger partial charge on any atom is -0.493 e. The van der Waals surface area contributed by atoms with Crippen LogP contribution in [0.2, 0.25) is 5.15 Å². The molecule has 1 heterocycles. The molecule has 0 spiro atoms. The molecule has 0 aliphatic rings. The van der Waals surface area contributed by atoms with Crippen LogP contribution in [0.3, 0.4) is 0 Å². The van der Waals surface area contributed by atoms with Gasteiger partial charge in [0.05, 0.1) is 21.3 Å². The van der Waals surface area contributed by atoms with Crippen LogP contribution in [-0.4, -0.2) is 37.8 Å². The molecule has 0 unspecified atom stereocenters. The smallest absolute Gasteiger partial charge is 0.203 e. The fourth-order valence-corrected chi connectivity index (χ4v) is 3.14. The SMILES string of the molecule is COc1cc(/C=C/c2nc(Cl)cc(NCCc3ccc(F)cc3)n2)cc(OC)c1OC. The number of nitrogens with zero attached hydrogens (tertiary/aromatic N) is 2. The summed E-state index contributed by atoms with van der Waals surface area (Å²) in [6.07, 6.45) is 4.30. The zero-order valence-corrected chi connectivity index (χ0v) is 18.2. The third kappa shape index (κ3) is 6.08. The Labute approximate surface area is 185 Å². The van der Waals surface area contributed by atoms with E-state index in [1.807, 2.05) is 18.2 Å². The molecule has 0 bridgehead atoms. The van der Waals surface area contributed by atoms with E-state index in [1.165, 1.54) is 12.1 Å². The number of aromatic nitrogens is 2. The standard InChI is InChI=1S/C23H23ClFN3O3/c1-29-18-12-16(13-19(30-2)23(18)31-3)6-9-21-27-20(24)14-22(28-21)26-11-10-15-4-7-17(25)8-5-15/h4-9,12-14H,10-11H2,1-3H3,(H,26,27,28)/b9-6+. The van der Waals surface area contributed by atoms with E-state index in [1.54, 1.807) is 45.6 Å². The zero-order valence-electron chi connectivity index (χ0n) is 17.5. The molecule has 2 aromatic carbocycles. The lowest BCUT2D eigenvalue weighted by Gasteiger charge is -2.12. The quantitative estimate of drug-likeness (QED) is 0.463. The molecule has 0 atom stereocenters. The van der Waals surface area contributed by atoms with E-state index in [0.717, 1.165) is 17.5 Å². The second-order valence-electron chi connectivity index (χ2n) is 6.53. The van der Waals surface area contributed by atoms with Gasteiger partial charge in [-0.2, -0.15) is 0 Å². The minimum absolute atomic E-state index is 0.247. The number of anilines is 1. The van der Waals surface area contributed by atoms with Gasteiger partial charge in [-0.25, -0.2) is 14.4 Å². The van der Waals surface area contributed by atoms with Crippen molar-refractivity contribution in [3.05, 3.63) is 70.4 Å². The van der Waals surface area contributed by atoms with Crippen molar-refractivity contribution in [3.63, 3.8) is 0 Å². The molecule has 0 aliphatic heterocycles. The molecule has 3 aromatic rings. The second-order valence-corrected chi connectivity index (χ2v) is 6.92. The summed E-state index contributed by atoms with van der Waals surface area (Å²) in [6.45, 7) is 0.620. The van der Waals surface area contributed by atoms with Crippen LogP contribution in [0.25, 0.3) is 12.2 Å². The summed E-state index contributed by atoms with van der Waals surface area (Å²) in [5, 5.41) is 3.54. The Morgan fingerprint density at radius 3 is 2.23 bits per heavy atom. The van der Waals surface area contributed by atoms with Crippen LogP contribution >= 0.6 is 11.6 Å². The molecule has 0 radical (unpaired) electrons. The Balaban J connectivity index is 1.72. The number of rotatable bonds is 9. The third-order valence-corrected chi connectivity index (χ3v) is 4.65. The summed E-state index contributed by atoms with van der Waals surface area (Å²) >= 11 is 6.16. The van der Waals surface area contributed by atoms with Gasteiger partial charge in [-0.1, -0.05) is 29.8 Å². The van der Waals surface area contributed by atoms with Gasteiger partial charge in [0.2, 0.25) is 5.75 Å². The molecular weight excluding hydrogens is 421 g/mol. The van der Waals surface area contributed by atoms with Gasteiger partial charge in [0.1, 0.15) is 16.8 Å². The van der Waals surface area contributed by atoms with Crippen LogP contribution in [0.1, 0.15) is 17.0 Å². The fourth-order valence-electron chi connectivity index (χ4n) is 2.95. The van der Waals surface area contributed by atoms with Crippen molar-refractivity contribution < 1.29 is 18.6 Å². The molecule has 0 saturated carbocycles. The summed E-state index contributed by atoms with van der Waals surface area (Å²) in [4.78, 5) is 8.71. The molecular formula is C23H23ClFN3O3.